The predicted octanol–water partition coefficient (Wildman–Crippen LogP) is 3.26. The van der Waals surface area contributed by atoms with Gasteiger partial charge in [-0.3, -0.25) is 9.69 Å². The largest absolute Gasteiger partial charge is 0.348 e. The number of carbonyl (C=O) groups excluding carboxylic acids is 1. The first-order valence-electron chi connectivity index (χ1n) is 6.55. The zero-order chi connectivity index (χ0) is 13.5. The summed E-state index contributed by atoms with van der Waals surface area (Å²) in [6.45, 7) is 0. The molecule has 0 aromatic heterocycles. The number of nitrogens with one attached hydrogen (secondary N) is 1. The molecule has 1 aromatic rings. The quantitative estimate of drug-likeness (QED) is 0.807. The Kier molecular flexibility index (Phi) is 3.23. The van der Waals surface area contributed by atoms with Gasteiger partial charge in [-0.1, -0.05) is 30.9 Å². The van der Waals surface area contributed by atoms with E-state index in [9.17, 15) is 4.79 Å². The number of anilines is 1. The minimum absolute atomic E-state index is 0.0829. The van der Waals surface area contributed by atoms with Crippen molar-refractivity contribution in [3.05, 3.63) is 29.3 Å². The monoisotopic (exact) mass is 294 g/mol. The van der Waals surface area contributed by atoms with Gasteiger partial charge in [0.1, 0.15) is 5.54 Å². The first kappa shape index (κ1) is 12.9. The summed E-state index contributed by atoms with van der Waals surface area (Å²) in [6.07, 6.45) is 5.10. The van der Waals surface area contributed by atoms with Crippen molar-refractivity contribution < 1.29 is 4.79 Å². The Hall–Kier alpha value is -1.13. The van der Waals surface area contributed by atoms with Crippen LogP contribution in [0.3, 0.4) is 0 Å². The molecule has 1 spiro atoms. The van der Waals surface area contributed by atoms with Gasteiger partial charge in [0.15, 0.2) is 5.11 Å². The fraction of sp³-hybridized carbons (Fsp3) is 0.429. The van der Waals surface area contributed by atoms with Crippen LogP contribution in [0.25, 0.3) is 0 Å². The lowest BCUT2D eigenvalue weighted by Crippen LogP contribution is -2.48. The second kappa shape index (κ2) is 4.76. The van der Waals surface area contributed by atoms with E-state index < -0.39 is 5.54 Å². The van der Waals surface area contributed by atoms with E-state index in [2.05, 4.69) is 5.32 Å². The topological polar surface area (TPSA) is 32.3 Å². The van der Waals surface area contributed by atoms with Gasteiger partial charge in [-0.2, -0.15) is 0 Å². The van der Waals surface area contributed by atoms with Gasteiger partial charge >= 0.3 is 0 Å². The van der Waals surface area contributed by atoms with E-state index in [4.69, 9.17) is 23.8 Å². The van der Waals surface area contributed by atoms with Crippen molar-refractivity contribution in [3.63, 3.8) is 0 Å². The average Bonchev–Trinajstić information content (AvgIpc) is 2.64. The van der Waals surface area contributed by atoms with Crippen molar-refractivity contribution in [3.8, 4) is 0 Å². The van der Waals surface area contributed by atoms with Crippen molar-refractivity contribution in [1.82, 2.24) is 5.32 Å². The van der Waals surface area contributed by atoms with Gasteiger partial charge in [-0.15, -0.1) is 0 Å². The molecule has 100 valence electrons. The van der Waals surface area contributed by atoms with Crippen LogP contribution < -0.4 is 10.2 Å². The Balaban J connectivity index is 1.92. The van der Waals surface area contributed by atoms with E-state index in [0.29, 0.717) is 10.1 Å². The zero-order valence-corrected chi connectivity index (χ0v) is 12.1. The molecule has 1 aliphatic heterocycles. The molecule has 1 amide bonds. The zero-order valence-electron chi connectivity index (χ0n) is 10.5. The fourth-order valence-electron chi connectivity index (χ4n) is 2.94. The van der Waals surface area contributed by atoms with E-state index >= 15 is 0 Å². The van der Waals surface area contributed by atoms with Crippen LogP contribution in [0, 0.1) is 0 Å². The molecule has 2 fully saturated rings. The maximum absolute atomic E-state index is 12.7. The van der Waals surface area contributed by atoms with Crippen LogP contribution in [0.5, 0.6) is 0 Å². The van der Waals surface area contributed by atoms with Crippen molar-refractivity contribution in [2.24, 2.45) is 0 Å². The molecule has 5 heteroatoms. The summed E-state index contributed by atoms with van der Waals surface area (Å²) in [4.78, 5) is 14.3. The number of amides is 1. The van der Waals surface area contributed by atoms with Crippen LogP contribution >= 0.6 is 23.8 Å². The SMILES string of the molecule is O=C1N(c2ccc(Cl)cc2)C(=S)NC12CCCCC2. The number of benzene rings is 1. The third-order valence-electron chi connectivity index (χ3n) is 3.95. The molecule has 3 rings (SSSR count). The summed E-state index contributed by atoms with van der Waals surface area (Å²) in [7, 11) is 0. The van der Waals surface area contributed by atoms with Crippen molar-refractivity contribution in [1.29, 1.82) is 0 Å². The van der Waals surface area contributed by atoms with Gasteiger partial charge in [0.05, 0.1) is 5.69 Å². The standard InChI is InChI=1S/C14H15ClN2OS/c15-10-4-6-11(7-5-10)17-12(18)14(16-13(17)19)8-2-1-3-9-14/h4-7H,1-3,8-9H2,(H,16,19). The molecule has 0 atom stereocenters. The normalized spacial score (nSPS) is 21.8. The second-order valence-corrected chi connectivity index (χ2v) is 6.01. The molecule has 0 radical (unpaired) electrons. The van der Waals surface area contributed by atoms with Crippen molar-refractivity contribution in [2.75, 3.05) is 4.90 Å². The van der Waals surface area contributed by atoms with Crippen LogP contribution in [0.2, 0.25) is 5.02 Å². The molecule has 1 aromatic carbocycles. The van der Waals surface area contributed by atoms with Crippen molar-refractivity contribution in [2.45, 2.75) is 37.6 Å². The number of nitrogens with zero attached hydrogens (tertiary/aromatic N) is 1. The predicted molar refractivity (Wildman–Crippen MR) is 80.5 cm³/mol. The Labute approximate surface area is 122 Å². The van der Waals surface area contributed by atoms with E-state index in [1.807, 2.05) is 12.1 Å². The number of hydrogen-bond acceptors (Lipinski definition) is 2. The Morgan fingerprint density at radius 2 is 1.79 bits per heavy atom. The summed E-state index contributed by atoms with van der Waals surface area (Å²) in [5, 5.41) is 4.42. The summed E-state index contributed by atoms with van der Waals surface area (Å²) in [6, 6.07) is 7.21. The lowest BCUT2D eigenvalue weighted by Gasteiger charge is -2.30. The smallest absolute Gasteiger partial charge is 0.259 e. The molecular weight excluding hydrogens is 280 g/mol. The summed E-state index contributed by atoms with van der Waals surface area (Å²) < 4.78 is 0. The van der Waals surface area contributed by atoms with Crippen LogP contribution in [0.15, 0.2) is 24.3 Å². The molecule has 2 aliphatic rings. The highest BCUT2D eigenvalue weighted by molar-refractivity contribution is 7.80. The minimum atomic E-state index is -0.463. The number of thiocarbonyl (C=S) groups is 1. The highest BCUT2D eigenvalue weighted by Crippen LogP contribution is 2.35. The van der Waals surface area contributed by atoms with Crippen LogP contribution in [0.1, 0.15) is 32.1 Å². The minimum Gasteiger partial charge on any atom is -0.348 e. The van der Waals surface area contributed by atoms with Gasteiger partial charge in [-0.05, 0) is 49.3 Å². The Bertz CT molecular complexity index is 523. The lowest BCUT2D eigenvalue weighted by molar-refractivity contribution is -0.123. The molecule has 3 nitrogen and oxygen atoms in total. The molecular formula is C14H15ClN2OS. The molecule has 1 aliphatic carbocycles. The van der Waals surface area contributed by atoms with Crippen LogP contribution in [-0.2, 0) is 4.79 Å². The third-order valence-corrected chi connectivity index (χ3v) is 4.49. The number of rotatable bonds is 1. The molecule has 1 N–H and O–H groups in total. The van der Waals surface area contributed by atoms with Crippen LogP contribution in [0.4, 0.5) is 5.69 Å². The molecule has 1 heterocycles. The molecule has 19 heavy (non-hydrogen) atoms. The number of halogens is 1. The number of hydrogen-bond donors (Lipinski definition) is 1. The second-order valence-electron chi connectivity index (χ2n) is 5.19. The summed E-state index contributed by atoms with van der Waals surface area (Å²) in [5.74, 6) is 0.0829. The molecule has 0 bridgehead atoms. The fourth-order valence-corrected chi connectivity index (χ4v) is 3.45. The first-order valence-corrected chi connectivity index (χ1v) is 7.33. The van der Waals surface area contributed by atoms with Crippen molar-refractivity contribution >= 4 is 40.5 Å². The van der Waals surface area contributed by atoms with Gasteiger partial charge < -0.3 is 5.32 Å². The molecule has 1 saturated carbocycles. The lowest BCUT2D eigenvalue weighted by atomic mass is 9.82. The van der Waals surface area contributed by atoms with Gasteiger partial charge in [0.2, 0.25) is 0 Å². The van der Waals surface area contributed by atoms with E-state index in [0.717, 1.165) is 31.4 Å². The molecule has 1 saturated heterocycles. The van der Waals surface area contributed by atoms with Gasteiger partial charge in [-0.25, -0.2) is 0 Å². The highest BCUT2D eigenvalue weighted by Gasteiger charge is 2.49. The summed E-state index contributed by atoms with van der Waals surface area (Å²) in [5.41, 5.74) is 0.323. The highest BCUT2D eigenvalue weighted by atomic mass is 35.5. The van der Waals surface area contributed by atoms with E-state index in [-0.39, 0.29) is 5.91 Å². The maximum atomic E-state index is 12.7. The number of carbonyl (C=O) groups is 1. The summed E-state index contributed by atoms with van der Waals surface area (Å²) >= 11 is 11.2. The Morgan fingerprint density at radius 3 is 2.42 bits per heavy atom. The van der Waals surface area contributed by atoms with E-state index in [1.54, 1.807) is 17.0 Å². The van der Waals surface area contributed by atoms with Gasteiger partial charge in [0, 0.05) is 5.02 Å². The van der Waals surface area contributed by atoms with Gasteiger partial charge in [0.25, 0.3) is 5.91 Å². The Morgan fingerprint density at radius 1 is 1.16 bits per heavy atom. The maximum Gasteiger partial charge on any atom is 0.259 e. The average molecular weight is 295 g/mol. The first-order chi connectivity index (χ1) is 9.12. The van der Waals surface area contributed by atoms with Crippen LogP contribution in [-0.4, -0.2) is 16.6 Å². The van der Waals surface area contributed by atoms with E-state index in [1.165, 1.54) is 6.42 Å². The molecule has 0 unspecified atom stereocenters. The third kappa shape index (κ3) is 2.13.